The average molecular weight is 235 g/mol. The van der Waals surface area contributed by atoms with Crippen molar-refractivity contribution in [3.05, 3.63) is 34.2 Å². The number of H-pyrrole nitrogens is 1. The predicted octanol–water partition coefficient (Wildman–Crippen LogP) is -0.630. The van der Waals surface area contributed by atoms with E-state index in [4.69, 9.17) is 5.73 Å². The number of aromatic nitrogens is 1. The maximum Gasteiger partial charge on any atom is 0.260 e. The van der Waals surface area contributed by atoms with Crippen LogP contribution in [0.2, 0.25) is 0 Å². The molecule has 1 fully saturated rings. The number of carbonyl (C=O) groups is 2. The maximum absolute atomic E-state index is 11.7. The predicted molar refractivity (Wildman–Crippen MR) is 60.3 cm³/mol. The quantitative estimate of drug-likeness (QED) is 0.647. The molecule has 1 heterocycles. The number of primary amides is 1. The van der Waals surface area contributed by atoms with Gasteiger partial charge < -0.3 is 16.0 Å². The Morgan fingerprint density at radius 3 is 2.71 bits per heavy atom. The molecule has 6 nitrogen and oxygen atoms in total. The maximum atomic E-state index is 11.7. The molecule has 1 saturated carbocycles. The summed E-state index contributed by atoms with van der Waals surface area (Å²) in [6.07, 6.45) is 2.83. The first-order valence-corrected chi connectivity index (χ1v) is 5.31. The second-order valence-electron chi connectivity index (χ2n) is 4.24. The second-order valence-corrected chi connectivity index (χ2v) is 4.24. The molecular formula is C11H13N3O3. The zero-order chi connectivity index (χ0) is 12.5. The second kappa shape index (κ2) is 4.04. The van der Waals surface area contributed by atoms with E-state index in [0.29, 0.717) is 12.8 Å². The Balaban J connectivity index is 2.02. The van der Waals surface area contributed by atoms with E-state index in [2.05, 4.69) is 10.3 Å². The molecule has 0 aliphatic heterocycles. The largest absolute Gasteiger partial charge is 0.369 e. The molecule has 17 heavy (non-hydrogen) atoms. The molecule has 0 aromatic carbocycles. The van der Waals surface area contributed by atoms with Crippen molar-refractivity contribution in [1.82, 2.24) is 10.3 Å². The summed E-state index contributed by atoms with van der Waals surface area (Å²) in [6.45, 7) is 0.190. The highest BCUT2D eigenvalue weighted by Crippen LogP contribution is 2.44. The van der Waals surface area contributed by atoms with Gasteiger partial charge in [-0.15, -0.1) is 0 Å². The summed E-state index contributed by atoms with van der Waals surface area (Å²) >= 11 is 0. The first-order valence-electron chi connectivity index (χ1n) is 5.31. The first kappa shape index (κ1) is 11.4. The topological polar surface area (TPSA) is 105 Å². The fraction of sp³-hybridized carbons (Fsp3) is 0.364. The number of hydrogen-bond acceptors (Lipinski definition) is 3. The highest BCUT2D eigenvalue weighted by atomic mass is 16.2. The van der Waals surface area contributed by atoms with Gasteiger partial charge in [-0.3, -0.25) is 14.4 Å². The van der Waals surface area contributed by atoms with Crippen LogP contribution in [0.25, 0.3) is 0 Å². The molecule has 2 rings (SSSR count). The summed E-state index contributed by atoms with van der Waals surface area (Å²) in [5.74, 6) is -0.890. The monoisotopic (exact) mass is 235 g/mol. The zero-order valence-electron chi connectivity index (χ0n) is 9.16. The number of carbonyl (C=O) groups excluding carboxylic acids is 2. The van der Waals surface area contributed by atoms with Crippen molar-refractivity contribution in [2.24, 2.45) is 11.1 Å². The van der Waals surface area contributed by atoms with E-state index in [1.807, 2.05) is 0 Å². The lowest BCUT2D eigenvalue weighted by atomic mass is 10.1. The smallest absolute Gasteiger partial charge is 0.260 e. The zero-order valence-corrected chi connectivity index (χ0v) is 9.16. The van der Waals surface area contributed by atoms with Gasteiger partial charge in [-0.05, 0) is 25.0 Å². The van der Waals surface area contributed by atoms with Gasteiger partial charge >= 0.3 is 0 Å². The minimum absolute atomic E-state index is 0.0350. The summed E-state index contributed by atoms with van der Waals surface area (Å²) in [5.41, 5.74) is 4.21. The third-order valence-corrected chi connectivity index (χ3v) is 3.03. The minimum atomic E-state index is -0.600. The lowest BCUT2D eigenvalue weighted by molar-refractivity contribution is -0.122. The van der Waals surface area contributed by atoms with Crippen molar-refractivity contribution in [2.45, 2.75) is 12.8 Å². The van der Waals surface area contributed by atoms with Crippen LogP contribution in [0.1, 0.15) is 23.2 Å². The number of nitrogens with one attached hydrogen (secondary N) is 2. The number of rotatable bonds is 4. The molecule has 0 atom stereocenters. The molecule has 1 aromatic heterocycles. The van der Waals surface area contributed by atoms with E-state index in [9.17, 15) is 14.4 Å². The van der Waals surface area contributed by atoms with Gasteiger partial charge in [-0.25, -0.2) is 0 Å². The van der Waals surface area contributed by atoms with Crippen molar-refractivity contribution in [2.75, 3.05) is 6.54 Å². The van der Waals surface area contributed by atoms with E-state index in [0.717, 1.165) is 0 Å². The Kier molecular flexibility index (Phi) is 2.71. The third-order valence-electron chi connectivity index (χ3n) is 3.03. The molecule has 0 unspecified atom stereocenters. The Hall–Kier alpha value is -2.11. The molecule has 6 heteroatoms. The van der Waals surface area contributed by atoms with Gasteiger partial charge in [0.1, 0.15) is 5.56 Å². The van der Waals surface area contributed by atoms with Gasteiger partial charge in [0.2, 0.25) is 5.91 Å². The van der Waals surface area contributed by atoms with Crippen molar-refractivity contribution < 1.29 is 9.59 Å². The lowest BCUT2D eigenvalue weighted by Crippen LogP contribution is -2.39. The molecule has 4 N–H and O–H groups in total. The van der Waals surface area contributed by atoms with Crippen molar-refractivity contribution in [1.29, 1.82) is 0 Å². The number of aromatic amines is 1. The van der Waals surface area contributed by atoms with Gasteiger partial charge in [0, 0.05) is 12.7 Å². The molecule has 1 aliphatic rings. The van der Waals surface area contributed by atoms with Gasteiger partial charge in [-0.1, -0.05) is 0 Å². The first-order chi connectivity index (χ1) is 8.05. The van der Waals surface area contributed by atoms with Crippen LogP contribution in [0.4, 0.5) is 0 Å². The Bertz CT molecular complexity index is 517. The van der Waals surface area contributed by atoms with E-state index in [1.165, 1.54) is 12.3 Å². The molecular weight excluding hydrogens is 222 g/mol. The van der Waals surface area contributed by atoms with Crippen molar-refractivity contribution in [3.8, 4) is 0 Å². The molecule has 1 aliphatic carbocycles. The van der Waals surface area contributed by atoms with Crippen LogP contribution in [0.5, 0.6) is 0 Å². The summed E-state index contributed by atoms with van der Waals surface area (Å²) in [6, 6.07) is 3.00. The van der Waals surface area contributed by atoms with E-state index < -0.39 is 22.8 Å². The number of hydrogen-bond donors (Lipinski definition) is 3. The van der Waals surface area contributed by atoms with Crippen LogP contribution in [0.15, 0.2) is 23.1 Å². The molecule has 0 radical (unpaired) electrons. The van der Waals surface area contributed by atoms with E-state index >= 15 is 0 Å². The van der Waals surface area contributed by atoms with Crippen molar-refractivity contribution >= 4 is 11.8 Å². The van der Waals surface area contributed by atoms with Crippen LogP contribution < -0.4 is 16.6 Å². The normalized spacial score (nSPS) is 16.2. The Morgan fingerprint density at radius 1 is 1.47 bits per heavy atom. The standard InChI is InChI=1S/C11H13N3O3/c12-10(17)11(3-4-11)6-14-9(16)7-2-1-5-13-8(7)15/h1-2,5H,3-4,6H2,(H2,12,17)(H,13,15)(H,14,16). The third kappa shape index (κ3) is 2.20. The Labute approximate surface area is 97.2 Å². The average Bonchev–Trinajstić information content (AvgIpc) is 3.07. The SMILES string of the molecule is NC(=O)C1(CNC(=O)c2ccc[nH]c2=O)CC1. The van der Waals surface area contributed by atoms with Crippen molar-refractivity contribution in [3.63, 3.8) is 0 Å². The van der Waals surface area contributed by atoms with Gasteiger partial charge in [0.05, 0.1) is 5.41 Å². The van der Waals surface area contributed by atoms with Gasteiger partial charge in [0.15, 0.2) is 0 Å². The highest BCUT2D eigenvalue weighted by Gasteiger charge is 2.48. The molecule has 1 aromatic rings. The summed E-state index contributed by atoms with van der Waals surface area (Å²) < 4.78 is 0. The molecule has 0 saturated heterocycles. The van der Waals surface area contributed by atoms with Crippen LogP contribution in [-0.4, -0.2) is 23.3 Å². The van der Waals surface area contributed by atoms with Gasteiger partial charge in [0.25, 0.3) is 11.5 Å². The van der Waals surface area contributed by atoms with E-state index in [-0.39, 0.29) is 12.1 Å². The number of amides is 2. The number of nitrogens with two attached hydrogens (primary N) is 1. The summed E-state index contributed by atoms with van der Waals surface area (Å²) in [5, 5.41) is 2.56. The Morgan fingerprint density at radius 2 is 2.18 bits per heavy atom. The fourth-order valence-corrected chi connectivity index (χ4v) is 1.61. The molecule has 0 bridgehead atoms. The molecule has 2 amide bonds. The highest BCUT2D eigenvalue weighted by molar-refractivity contribution is 5.94. The van der Waals surface area contributed by atoms with Crippen LogP contribution in [0, 0.1) is 5.41 Å². The molecule has 90 valence electrons. The van der Waals surface area contributed by atoms with Crippen LogP contribution in [-0.2, 0) is 4.79 Å². The summed E-state index contributed by atoms with van der Waals surface area (Å²) in [4.78, 5) is 36.5. The number of pyridine rings is 1. The lowest BCUT2D eigenvalue weighted by Gasteiger charge is -2.11. The molecule has 0 spiro atoms. The van der Waals surface area contributed by atoms with Gasteiger partial charge in [-0.2, -0.15) is 0 Å². The van der Waals surface area contributed by atoms with Crippen LogP contribution in [0.3, 0.4) is 0 Å². The summed E-state index contributed by atoms with van der Waals surface area (Å²) in [7, 11) is 0. The minimum Gasteiger partial charge on any atom is -0.369 e. The van der Waals surface area contributed by atoms with Crippen LogP contribution >= 0.6 is 0 Å². The van der Waals surface area contributed by atoms with E-state index in [1.54, 1.807) is 6.07 Å². The fourth-order valence-electron chi connectivity index (χ4n) is 1.61.